The fourth-order valence-electron chi connectivity index (χ4n) is 2.12. The van der Waals surface area contributed by atoms with Gasteiger partial charge in [0.15, 0.2) is 0 Å². The Morgan fingerprint density at radius 3 is 3.25 bits per heavy atom. The average Bonchev–Trinajstić information content (AvgIpc) is 2.96. The fourth-order valence-corrected chi connectivity index (χ4v) is 2.12. The van der Waals surface area contributed by atoms with Crippen molar-refractivity contribution in [1.29, 1.82) is 0 Å². The molecule has 2 heterocycles. The second-order valence-corrected chi connectivity index (χ2v) is 4.18. The van der Waals surface area contributed by atoms with Gasteiger partial charge in [-0.25, -0.2) is 0 Å². The summed E-state index contributed by atoms with van der Waals surface area (Å²) in [4.78, 5) is 0. The lowest BCUT2D eigenvalue weighted by Crippen LogP contribution is -2.28. The Balaban J connectivity index is 1.71. The standard InChI is InChI=1S/C10H19N5O/c11-13-9(10-7-12-15-14-10)5-1-3-8-4-2-6-16-8/h7-9,13H,1-6,11H2,(H,12,14,15). The molecule has 1 aliphatic heterocycles. The zero-order chi connectivity index (χ0) is 11.2. The molecule has 0 saturated carbocycles. The summed E-state index contributed by atoms with van der Waals surface area (Å²) in [6, 6.07) is 0.0835. The smallest absolute Gasteiger partial charge is 0.101 e. The summed E-state index contributed by atoms with van der Waals surface area (Å²) in [5.41, 5.74) is 3.64. The molecular weight excluding hydrogens is 206 g/mol. The third-order valence-corrected chi connectivity index (χ3v) is 3.03. The van der Waals surface area contributed by atoms with E-state index >= 15 is 0 Å². The molecule has 1 saturated heterocycles. The minimum atomic E-state index is 0.0835. The van der Waals surface area contributed by atoms with E-state index in [4.69, 9.17) is 10.6 Å². The molecule has 0 bridgehead atoms. The van der Waals surface area contributed by atoms with Gasteiger partial charge in [-0.1, -0.05) is 0 Å². The Morgan fingerprint density at radius 2 is 2.62 bits per heavy atom. The summed E-state index contributed by atoms with van der Waals surface area (Å²) in [5, 5.41) is 10.4. The first-order valence-electron chi connectivity index (χ1n) is 5.83. The van der Waals surface area contributed by atoms with Crippen LogP contribution in [0, 0.1) is 0 Å². The van der Waals surface area contributed by atoms with Crippen LogP contribution in [-0.4, -0.2) is 28.1 Å². The van der Waals surface area contributed by atoms with Crippen LogP contribution >= 0.6 is 0 Å². The van der Waals surface area contributed by atoms with Crippen molar-refractivity contribution >= 4 is 0 Å². The van der Waals surface area contributed by atoms with Gasteiger partial charge >= 0.3 is 0 Å². The van der Waals surface area contributed by atoms with Crippen LogP contribution in [0.3, 0.4) is 0 Å². The first kappa shape index (κ1) is 11.5. The molecule has 1 aromatic heterocycles. The summed E-state index contributed by atoms with van der Waals surface area (Å²) in [6.07, 6.45) is 7.72. The summed E-state index contributed by atoms with van der Waals surface area (Å²) in [7, 11) is 0. The fraction of sp³-hybridized carbons (Fsp3) is 0.800. The van der Waals surface area contributed by atoms with Crippen LogP contribution in [0.5, 0.6) is 0 Å². The number of nitrogens with two attached hydrogens (primary N) is 1. The number of hydrogen-bond acceptors (Lipinski definition) is 5. The Morgan fingerprint density at radius 1 is 1.69 bits per heavy atom. The monoisotopic (exact) mass is 225 g/mol. The van der Waals surface area contributed by atoms with Crippen LogP contribution in [0.25, 0.3) is 0 Å². The molecular formula is C10H19N5O. The molecule has 0 spiro atoms. The molecule has 90 valence electrons. The van der Waals surface area contributed by atoms with Gasteiger partial charge in [-0.05, 0) is 32.1 Å². The number of hydrogen-bond donors (Lipinski definition) is 3. The second-order valence-electron chi connectivity index (χ2n) is 4.18. The van der Waals surface area contributed by atoms with E-state index in [1.54, 1.807) is 6.20 Å². The highest BCUT2D eigenvalue weighted by Gasteiger charge is 2.17. The van der Waals surface area contributed by atoms with Gasteiger partial charge in [-0.15, -0.1) is 0 Å². The number of nitrogens with one attached hydrogen (secondary N) is 2. The number of rotatable bonds is 6. The van der Waals surface area contributed by atoms with Crippen molar-refractivity contribution in [1.82, 2.24) is 20.8 Å². The quantitative estimate of drug-likeness (QED) is 0.489. The highest BCUT2D eigenvalue weighted by molar-refractivity contribution is 4.98. The van der Waals surface area contributed by atoms with Crippen LogP contribution in [-0.2, 0) is 4.74 Å². The molecule has 4 N–H and O–H groups in total. The topological polar surface area (TPSA) is 88.9 Å². The van der Waals surface area contributed by atoms with Crippen molar-refractivity contribution in [2.45, 2.75) is 44.2 Å². The second kappa shape index (κ2) is 5.93. The molecule has 6 heteroatoms. The van der Waals surface area contributed by atoms with Gasteiger partial charge in [0, 0.05) is 6.61 Å². The largest absolute Gasteiger partial charge is 0.378 e. The van der Waals surface area contributed by atoms with Crippen molar-refractivity contribution in [3.8, 4) is 0 Å². The molecule has 0 radical (unpaired) electrons. The lowest BCUT2D eigenvalue weighted by molar-refractivity contribution is 0.101. The molecule has 6 nitrogen and oxygen atoms in total. The molecule has 16 heavy (non-hydrogen) atoms. The lowest BCUT2D eigenvalue weighted by atomic mass is 10.0. The Hall–Kier alpha value is -0.980. The van der Waals surface area contributed by atoms with E-state index in [1.807, 2.05) is 0 Å². The van der Waals surface area contributed by atoms with Gasteiger partial charge in [-0.3, -0.25) is 11.3 Å². The van der Waals surface area contributed by atoms with Crippen molar-refractivity contribution in [2.75, 3.05) is 6.61 Å². The first-order chi connectivity index (χ1) is 7.90. The summed E-state index contributed by atoms with van der Waals surface area (Å²) < 4.78 is 5.57. The summed E-state index contributed by atoms with van der Waals surface area (Å²) in [6.45, 7) is 0.923. The zero-order valence-corrected chi connectivity index (χ0v) is 9.35. The number of H-pyrrole nitrogens is 1. The van der Waals surface area contributed by atoms with Crippen LogP contribution in [0.2, 0.25) is 0 Å². The lowest BCUT2D eigenvalue weighted by Gasteiger charge is -2.14. The van der Waals surface area contributed by atoms with Crippen LogP contribution < -0.4 is 11.3 Å². The van der Waals surface area contributed by atoms with Gasteiger partial charge in [0.2, 0.25) is 0 Å². The van der Waals surface area contributed by atoms with Crippen molar-refractivity contribution in [2.24, 2.45) is 5.84 Å². The van der Waals surface area contributed by atoms with Gasteiger partial charge < -0.3 is 4.74 Å². The molecule has 1 aromatic rings. The number of ether oxygens (including phenoxy) is 1. The Kier molecular flexibility index (Phi) is 4.26. The highest BCUT2D eigenvalue weighted by Crippen LogP contribution is 2.21. The molecule has 1 fully saturated rings. The van der Waals surface area contributed by atoms with Gasteiger partial charge in [-0.2, -0.15) is 15.4 Å². The minimum Gasteiger partial charge on any atom is -0.378 e. The van der Waals surface area contributed by atoms with Crippen LogP contribution in [0.15, 0.2) is 6.20 Å². The predicted octanol–water partition coefficient (Wildman–Crippen LogP) is 0.658. The first-order valence-corrected chi connectivity index (χ1v) is 5.83. The zero-order valence-electron chi connectivity index (χ0n) is 9.35. The summed E-state index contributed by atoms with van der Waals surface area (Å²) in [5.74, 6) is 5.50. The van der Waals surface area contributed by atoms with E-state index < -0.39 is 0 Å². The van der Waals surface area contributed by atoms with Gasteiger partial charge in [0.1, 0.15) is 5.69 Å². The normalized spacial score (nSPS) is 22.4. The number of hydrazine groups is 1. The minimum absolute atomic E-state index is 0.0835. The molecule has 0 aliphatic carbocycles. The van der Waals surface area contributed by atoms with E-state index in [-0.39, 0.29) is 6.04 Å². The van der Waals surface area contributed by atoms with Crippen LogP contribution in [0.4, 0.5) is 0 Å². The predicted molar refractivity (Wildman–Crippen MR) is 59.3 cm³/mol. The molecule has 2 atom stereocenters. The maximum Gasteiger partial charge on any atom is 0.101 e. The molecule has 2 rings (SSSR count). The van der Waals surface area contributed by atoms with E-state index in [9.17, 15) is 0 Å². The van der Waals surface area contributed by atoms with E-state index in [2.05, 4.69) is 20.8 Å². The van der Waals surface area contributed by atoms with Crippen molar-refractivity contribution < 1.29 is 4.74 Å². The Labute approximate surface area is 94.9 Å². The SMILES string of the molecule is NNC(CCCC1CCCO1)c1cn[nH]n1. The number of nitrogens with zero attached hydrogens (tertiary/aromatic N) is 2. The van der Waals surface area contributed by atoms with Crippen LogP contribution in [0.1, 0.15) is 43.8 Å². The van der Waals surface area contributed by atoms with E-state index in [1.165, 1.54) is 12.8 Å². The molecule has 0 aromatic carbocycles. The van der Waals surface area contributed by atoms with E-state index in [0.29, 0.717) is 6.10 Å². The van der Waals surface area contributed by atoms with Crippen molar-refractivity contribution in [3.05, 3.63) is 11.9 Å². The maximum atomic E-state index is 5.57. The van der Waals surface area contributed by atoms with E-state index in [0.717, 1.165) is 31.6 Å². The number of aromatic amines is 1. The molecule has 0 amide bonds. The molecule has 1 aliphatic rings. The molecule has 2 unspecified atom stereocenters. The third kappa shape index (κ3) is 3.01. The van der Waals surface area contributed by atoms with Gasteiger partial charge in [0.05, 0.1) is 18.3 Å². The average molecular weight is 225 g/mol. The third-order valence-electron chi connectivity index (χ3n) is 3.03. The Bertz CT molecular complexity index is 283. The van der Waals surface area contributed by atoms with Crippen molar-refractivity contribution in [3.63, 3.8) is 0 Å². The number of aromatic nitrogens is 3. The summed E-state index contributed by atoms with van der Waals surface area (Å²) >= 11 is 0. The maximum absolute atomic E-state index is 5.57. The van der Waals surface area contributed by atoms with Gasteiger partial charge in [0.25, 0.3) is 0 Å². The highest BCUT2D eigenvalue weighted by atomic mass is 16.5.